The van der Waals surface area contributed by atoms with Crippen molar-refractivity contribution >= 4 is 17.4 Å². The van der Waals surface area contributed by atoms with E-state index in [9.17, 15) is 13.6 Å². The normalized spacial score (nSPS) is 18.1. The van der Waals surface area contributed by atoms with Crippen molar-refractivity contribution in [2.24, 2.45) is 5.10 Å². The molecule has 2 aliphatic rings. The van der Waals surface area contributed by atoms with Gasteiger partial charge >= 0.3 is 6.03 Å². The summed E-state index contributed by atoms with van der Waals surface area (Å²) >= 11 is 0. The number of nitrogens with zero attached hydrogens (tertiary/aromatic N) is 2. The van der Waals surface area contributed by atoms with Crippen molar-refractivity contribution in [1.29, 1.82) is 0 Å². The quantitative estimate of drug-likeness (QED) is 0.533. The first-order valence-corrected chi connectivity index (χ1v) is 10.9. The lowest BCUT2D eigenvalue weighted by Gasteiger charge is -2.17. The van der Waals surface area contributed by atoms with E-state index in [0.717, 1.165) is 11.1 Å². The minimum absolute atomic E-state index is 0.251. The van der Waals surface area contributed by atoms with Crippen molar-refractivity contribution in [1.82, 2.24) is 5.01 Å². The second kappa shape index (κ2) is 8.13. The minimum Gasteiger partial charge on any atom is -0.449 e. The topological polar surface area (TPSA) is 63.2 Å². The average molecular weight is 463 g/mol. The van der Waals surface area contributed by atoms with E-state index >= 15 is 0 Å². The van der Waals surface area contributed by atoms with Crippen molar-refractivity contribution in [2.45, 2.75) is 32.5 Å². The van der Waals surface area contributed by atoms with Crippen LogP contribution in [0.15, 0.2) is 65.8 Å². The fourth-order valence-electron chi connectivity index (χ4n) is 4.15. The molecule has 0 bridgehead atoms. The third kappa shape index (κ3) is 4.19. The molecule has 34 heavy (non-hydrogen) atoms. The molecule has 0 saturated carbocycles. The number of ether oxygens (including phenoxy) is 2. The molecule has 1 unspecified atom stereocenters. The number of carbonyl (C=O) groups is 1. The summed E-state index contributed by atoms with van der Waals surface area (Å²) in [6, 6.07) is 15.1. The lowest BCUT2D eigenvalue weighted by atomic mass is 9.90. The van der Waals surface area contributed by atoms with Gasteiger partial charge in [-0.1, -0.05) is 24.3 Å². The number of anilines is 1. The SMILES string of the molecule is Cc1cc2c(cc1NC(=O)N1CC(c3ccc(F)cc3)C(c3ccc(F)cc3)=N1)OC(C)(C)O2. The Morgan fingerprint density at radius 3 is 2.24 bits per heavy atom. The van der Waals surface area contributed by atoms with Gasteiger partial charge in [0.25, 0.3) is 0 Å². The largest absolute Gasteiger partial charge is 0.449 e. The molecule has 2 heterocycles. The lowest BCUT2D eigenvalue weighted by Crippen LogP contribution is -2.30. The van der Waals surface area contributed by atoms with Gasteiger partial charge in [-0.05, 0) is 53.9 Å². The summed E-state index contributed by atoms with van der Waals surface area (Å²) in [7, 11) is 0. The molecule has 0 aliphatic carbocycles. The first-order valence-electron chi connectivity index (χ1n) is 10.9. The molecule has 174 valence electrons. The number of rotatable bonds is 3. The number of carbonyl (C=O) groups excluding carboxylic acids is 1. The number of hydrazone groups is 1. The monoisotopic (exact) mass is 463 g/mol. The molecule has 1 atom stereocenters. The standard InChI is InChI=1S/C26H23F2N3O3/c1-15-12-22-23(34-26(2,3)33-22)13-21(15)29-25(32)31-14-20(16-4-8-18(27)9-5-16)24(30-31)17-6-10-19(28)11-7-17/h4-13,20H,14H2,1-3H3,(H,29,32). The van der Waals surface area contributed by atoms with Crippen LogP contribution in [0, 0.1) is 18.6 Å². The Morgan fingerprint density at radius 2 is 1.59 bits per heavy atom. The van der Waals surface area contributed by atoms with E-state index in [0.29, 0.717) is 28.5 Å². The number of benzene rings is 3. The van der Waals surface area contributed by atoms with Crippen molar-refractivity contribution in [3.63, 3.8) is 0 Å². The van der Waals surface area contributed by atoms with Gasteiger partial charge < -0.3 is 14.8 Å². The summed E-state index contributed by atoms with van der Waals surface area (Å²) < 4.78 is 38.5. The van der Waals surface area contributed by atoms with Gasteiger partial charge in [0, 0.05) is 31.5 Å². The molecule has 3 aromatic rings. The van der Waals surface area contributed by atoms with Crippen LogP contribution in [-0.4, -0.2) is 29.1 Å². The highest BCUT2D eigenvalue weighted by molar-refractivity contribution is 6.07. The van der Waals surface area contributed by atoms with Gasteiger partial charge in [0.1, 0.15) is 11.6 Å². The van der Waals surface area contributed by atoms with Crippen LogP contribution in [0.25, 0.3) is 0 Å². The van der Waals surface area contributed by atoms with Crippen molar-refractivity contribution in [3.05, 3.63) is 89.0 Å². The maximum Gasteiger partial charge on any atom is 0.342 e. The Kier molecular flexibility index (Phi) is 5.23. The number of urea groups is 1. The van der Waals surface area contributed by atoms with Crippen molar-refractivity contribution in [3.8, 4) is 11.5 Å². The number of fused-ring (bicyclic) bond motifs is 1. The Labute approximate surface area is 195 Å². The van der Waals surface area contributed by atoms with Gasteiger partial charge in [0.15, 0.2) is 11.5 Å². The van der Waals surface area contributed by atoms with Crippen LogP contribution in [0.4, 0.5) is 19.3 Å². The minimum atomic E-state index is -0.775. The zero-order valence-corrected chi connectivity index (χ0v) is 18.9. The Balaban J connectivity index is 1.43. The first-order chi connectivity index (χ1) is 16.2. The number of nitrogens with one attached hydrogen (secondary N) is 1. The summed E-state index contributed by atoms with van der Waals surface area (Å²) in [6.07, 6.45) is 0. The molecule has 1 N–H and O–H groups in total. The fraction of sp³-hybridized carbons (Fsp3) is 0.231. The zero-order valence-electron chi connectivity index (χ0n) is 18.9. The van der Waals surface area contributed by atoms with Crippen LogP contribution in [-0.2, 0) is 0 Å². The third-order valence-corrected chi connectivity index (χ3v) is 5.80. The van der Waals surface area contributed by atoms with Gasteiger partial charge in [0.2, 0.25) is 5.79 Å². The molecule has 6 nitrogen and oxygen atoms in total. The molecule has 2 aliphatic heterocycles. The van der Waals surface area contributed by atoms with Gasteiger partial charge in [0.05, 0.1) is 12.3 Å². The van der Waals surface area contributed by atoms with Crippen LogP contribution in [0.2, 0.25) is 0 Å². The van der Waals surface area contributed by atoms with Gasteiger partial charge in [-0.25, -0.2) is 18.6 Å². The zero-order chi connectivity index (χ0) is 24.0. The van der Waals surface area contributed by atoms with Crippen LogP contribution in [0.5, 0.6) is 11.5 Å². The summed E-state index contributed by atoms with van der Waals surface area (Å²) in [5, 5.41) is 8.79. The molecule has 8 heteroatoms. The highest BCUT2D eigenvalue weighted by atomic mass is 19.1. The van der Waals surface area contributed by atoms with Crippen LogP contribution in [0.3, 0.4) is 0 Å². The van der Waals surface area contributed by atoms with Gasteiger partial charge in [-0.15, -0.1) is 0 Å². The Morgan fingerprint density at radius 1 is 1.00 bits per heavy atom. The predicted molar refractivity (Wildman–Crippen MR) is 124 cm³/mol. The van der Waals surface area contributed by atoms with Gasteiger partial charge in [-0.3, -0.25) is 0 Å². The molecule has 0 fully saturated rings. The van der Waals surface area contributed by atoms with Crippen LogP contribution in [0.1, 0.15) is 36.5 Å². The first kappa shape index (κ1) is 21.9. The maximum absolute atomic E-state index is 13.5. The molecule has 0 spiro atoms. The number of aryl methyl sites for hydroxylation is 1. The van der Waals surface area contributed by atoms with Crippen molar-refractivity contribution in [2.75, 3.05) is 11.9 Å². The van der Waals surface area contributed by atoms with E-state index in [1.165, 1.54) is 29.3 Å². The summed E-state index contributed by atoms with van der Waals surface area (Å²) in [5.74, 6) is -0.615. The molecular formula is C26H23F2N3O3. The van der Waals surface area contributed by atoms with E-state index in [1.807, 2.05) is 26.8 Å². The van der Waals surface area contributed by atoms with E-state index in [-0.39, 0.29) is 24.1 Å². The predicted octanol–water partition coefficient (Wildman–Crippen LogP) is 5.82. The number of amides is 2. The van der Waals surface area contributed by atoms with E-state index < -0.39 is 11.8 Å². The van der Waals surface area contributed by atoms with Crippen LogP contribution >= 0.6 is 0 Å². The molecule has 2 amide bonds. The maximum atomic E-state index is 13.5. The van der Waals surface area contributed by atoms with Gasteiger partial charge in [-0.2, -0.15) is 5.10 Å². The summed E-state index contributed by atoms with van der Waals surface area (Å²) in [6.45, 7) is 5.74. The Bertz CT molecular complexity index is 1290. The molecule has 5 rings (SSSR count). The number of hydrogen-bond acceptors (Lipinski definition) is 4. The Hall–Kier alpha value is -3.94. The molecular weight excluding hydrogens is 440 g/mol. The molecule has 3 aromatic carbocycles. The summed E-state index contributed by atoms with van der Waals surface area (Å²) in [5.41, 5.74) is 3.49. The van der Waals surface area contributed by atoms with E-state index in [1.54, 1.807) is 30.3 Å². The third-order valence-electron chi connectivity index (χ3n) is 5.80. The number of halogens is 2. The highest BCUT2D eigenvalue weighted by Crippen LogP contribution is 2.42. The number of hydrogen-bond donors (Lipinski definition) is 1. The van der Waals surface area contributed by atoms with E-state index in [2.05, 4.69) is 10.4 Å². The average Bonchev–Trinajstić information content (AvgIpc) is 3.35. The lowest BCUT2D eigenvalue weighted by molar-refractivity contribution is -0.0431. The highest BCUT2D eigenvalue weighted by Gasteiger charge is 2.34. The van der Waals surface area contributed by atoms with E-state index in [4.69, 9.17) is 9.47 Å². The molecule has 0 aromatic heterocycles. The second-order valence-corrected chi connectivity index (χ2v) is 8.83. The fourth-order valence-corrected chi connectivity index (χ4v) is 4.15. The molecule has 0 saturated heterocycles. The van der Waals surface area contributed by atoms with Crippen molar-refractivity contribution < 1.29 is 23.0 Å². The van der Waals surface area contributed by atoms with Crippen LogP contribution < -0.4 is 14.8 Å². The smallest absolute Gasteiger partial charge is 0.342 e. The summed E-state index contributed by atoms with van der Waals surface area (Å²) in [4.78, 5) is 13.2. The second-order valence-electron chi connectivity index (χ2n) is 8.83. The molecule has 0 radical (unpaired) electrons.